The molecule has 4 atom stereocenters. The SMILES string of the molecule is Nc1nnc(C2CCCN(C(=O)CC3CC4CCC3C4)C2)o1. The third kappa shape index (κ3) is 2.59. The van der Waals surface area contributed by atoms with Crippen LogP contribution in [-0.2, 0) is 4.79 Å². The highest BCUT2D eigenvalue weighted by atomic mass is 16.4. The molecule has 1 aromatic rings. The minimum atomic E-state index is 0.112. The molecule has 1 amide bonds. The summed E-state index contributed by atoms with van der Waals surface area (Å²) < 4.78 is 5.34. The summed E-state index contributed by atoms with van der Waals surface area (Å²) in [4.78, 5) is 14.6. The van der Waals surface area contributed by atoms with E-state index in [4.69, 9.17) is 10.2 Å². The number of fused-ring (bicyclic) bond motifs is 2. The van der Waals surface area contributed by atoms with E-state index in [0.717, 1.165) is 37.6 Å². The van der Waals surface area contributed by atoms with E-state index in [2.05, 4.69) is 10.2 Å². The van der Waals surface area contributed by atoms with Gasteiger partial charge in [-0.2, -0.15) is 0 Å². The maximum atomic E-state index is 12.6. The first-order valence-corrected chi connectivity index (χ1v) is 8.55. The highest BCUT2D eigenvalue weighted by Crippen LogP contribution is 2.49. The second-order valence-electron chi connectivity index (χ2n) is 7.30. The normalized spacial score (nSPS) is 34.3. The highest BCUT2D eigenvalue weighted by Gasteiger charge is 2.41. The van der Waals surface area contributed by atoms with Crippen LogP contribution in [0.15, 0.2) is 4.42 Å². The number of nitrogens with two attached hydrogens (primary N) is 1. The lowest BCUT2D eigenvalue weighted by Crippen LogP contribution is -2.40. The summed E-state index contributed by atoms with van der Waals surface area (Å²) in [6.45, 7) is 1.56. The van der Waals surface area contributed by atoms with Gasteiger partial charge < -0.3 is 15.1 Å². The molecule has 2 bridgehead atoms. The second kappa shape index (κ2) is 5.56. The summed E-state index contributed by atoms with van der Waals surface area (Å²) in [5, 5.41) is 7.72. The fourth-order valence-electron chi connectivity index (χ4n) is 4.80. The lowest BCUT2D eigenvalue weighted by molar-refractivity contribution is -0.133. The number of carbonyl (C=O) groups excluding carboxylic acids is 1. The number of hydrogen-bond acceptors (Lipinski definition) is 5. The lowest BCUT2D eigenvalue weighted by Gasteiger charge is -2.32. The van der Waals surface area contributed by atoms with Crippen LogP contribution in [-0.4, -0.2) is 34.1 Å². The molecule has 6 heteroatoms. The van der Waals surface area contributed by atoms with Gasteiger partial charge in [-0.1, -0.05) is 11.5 Å². The van der Waals surface area contributed by atoms with Gasteiger partial charge in [-0.05, 0) is 49.9 Å². The quantitative estimate of drug-likeness (QED) is 0.925. The van der Waals surface area contributed by atoms with Crippen molar-refractivity contribution in [3.63, 3.8) is 0 Å². The molecule has 0 aromatic carbocycles. The summed E-state index contributed by atoms with van der Waals surface area (Å²) in [5.74, 6) is 3.38. The van der Waals surface area contributed by atoms with E-state index >= 15 is 0 Å². The van der Waals surface area contributed by atoms with Gasteiger partial charge in [0.2, 0.25) is 11.8 Å². The Balaban J connectivity index is 1.36. The van der Waals surface area contributed by atoms with Crippen LogP contribution in [0, 0.1) is 17.8 Å². The molecule has 4 rings (SSSR count). The molecule has 1 aromatic heterocycles. The molecule has 2 saturated carbocycles. The fraction of sp³-hybridized carbons (Fsp3) is 0.812. The molecule has 3 aliphatic rings. The molecular formula is C16H24N4O2. The van der Waals surface area contributed by atoms with Crippen molar-refractivity contribution in [2.45, 2.75) is 50.9 Å². The number of aromatic nitrogens is 2. The smallest absolute Gasteiger partial charge is 0.312 e. The van der Waals surface area contributed by atoms with Gasteiger partial charge in [-0.3, -0.25) is 4.79 Å². The van der Waals surface area contributed by atoms with Crippen LogP contribution in [0.25, 0.3) is 0 Å². The first-order chi connectivity index (χ1) is 10.7. The van der Waals surface area contributed by atoms with Crippen LogP contribution < -0.4 is 5.73 Å². The van der Waals surface area contributed by atoms with Gasteiger partial charge in [-0.25, -0.2) is 0 Å². The van der Waals surface area contributed by atoms with Crippen molar-refractivity contribution in [1.82, 2.24) is 15.1 Å². The van der Waals surface area contributed by atoms with Crippen LogP contribution in [0.4, 0.5) is 6.01 Å². The Bertz CT molecular complexity index is 558. The van der Waals surface area contributed by atoms with Gasteiger partial charge in [0, 0.05) is 19.5 Å². The van der Waals surface area contributed by atoms with Crippen LogP contribution >= 0.6 is 0 Å². The maximum Gasteiger partial charge on any atom is 0.312 e. The zero-order valence-electron chi connectivity index (χ0n) is 12.9. The summed E-state index contributed by atoms with van der Waals surface area (Å²) in [6.07, 6.45) is 8.08. The van der Waals surface area contributed by atoms with E-state index in [1.165, 1.54) is 25.7 Å². The number of nitrogens with zero attached hydrogens (tertiary/aromatic N) is 3. The molecule has 2 N–H and O–H groups in total. The van der Waals surface area contributed by atoms with Crippen molar-refractivity contribution in [2.24, 2.45) is 17.8 Å². The van der Waals surface area contributed by atoms with Crippen LogP contribution in [0.3, 0.4) is 0 Å². The molecule has 2 aliphatic carbocycles. The Labute approximate surface area is 130 Å². The zero-order valence-corrected chi connectivity index (χ0v) is 12.9. The van der Waals surface area contributed by atoms with E-state index in [9.17, 15) is 4.79 Å². The summed E-state index contributed by atoms with van der Waals surface area (Å²) >= 11 is 0. The molecule has 0 radical (unpaired) electrons. The third-order valence-electron chi connectivity index (χ3n) is 5.90. The molecule has 1 aliphatic heterocycles. The van der Waals surface area contributed by atoms with Crippen LogP contribution in [0.2, 0.25) is 0 Å². The largest absolute Gasteiger partial charge is 0.408 e. The fourth-order valence-corrected chi connectivity index (χ4v) is 4.80. The van der Waals surface area contributed by atoms with Gasteiger partial charge >= 0.3 is 6.01 Å². The molecule has 4 unspecified atom stereocenters. The molecule has 22 heavy (non-hydrogen) atoms. The lowest BCUT2D eigenvalue weighted by atomic mass is 9.86. The number of piperidine rings is 1. The van der Waals surface area contributed by atoms with Crippen molar-refractivity contribution in [3.8, 4) is 0 Å². The van der Waals surface area contributed by atoms with Gasteiger partial charge in [-0.15, -0.1) is 5.10 Å². The van der Waals surface area contributed by atoms with Crippen LogP contribution in [0.1, 0.15) is 56.8 Å². The molecule has 1 saturated heterocycles. The monoisotopic (exact) mass is 304 g/mol. The topological polar surface area (TPSA) is 85.2 Å². The van der Waals surface area contributed by atoms with Gasteiger partial charge in [0.05, 0.1) is 5.92 Å². The van der Waals surface area contributed by atoms with Gasteiger partial charge in [0.1, 0.15) is 0 Å². The number of hydrogen-bond donors (Lipinski definition) is 1. The van der Waals surface area contributed by atoms with Crippen molar-refractivity contribution < 1.29 is 9.21 Å². The molecule has 2 heterocycles. The van der Waals surface area contributed by atoms with E-state index in [0.29, 0.717) is 24.3 Å². The number of carbonyl (C=O) groups is 1. The van der Waals surface area contributed by atoms with E-state index in [1.54, 1.807) is 0 Å². The summed E-state index contributed by atoms with van der Waals surface area (Å²) in [6, 6.07) is 0.112. The van der Waals surface area contributed by atoms with Gasteiger partial charge in [0.25, 0.3) is 0 Å². The number of rotatable bonds is 3. The summed E-state index contributed by atoms with van der Waals surface area (Å²) in [5.41, 5.74) is 5.50. The number of nitrogen functional groups attached to an aromatic ring is 1. The minimum Gasteiger partial charge on any atom is -0.408 e. The number of amides is 1. The van der Waals surface area contributed by atoms with Crippen molar-refractivity contribution in [3.05, 3.63) is 5.89 Å². The molecular weight excluding hydrogens is 280 g/mol. The van der Waals surface area contributed by atoms with Crippen molar-refractivity contribution in [2.75, 3.05) is 18.8 Å². The Hall–Kier alpha value is -1.59. The Morgan fingerprint density at radius 2 is 2.18 bits per heavy atom. The average molecular weight is 304 g/mol. The predicted octanol–water partition coefficient (Wildman–Crippen LogP) is 2.18. The Morgan fingerprint density at radius 1 is 1.27 bits per heavy atom. The standard InChI is InChI=1S/C16H24N4O2/c17-16-19-18-15(22-16)12-2-1-5-20(9-12)14(21)8-13-7-10-3-4-11(13)6-10/h10-13H,1-9H2,(H2,17,19). The summed E-state index contributed by atoms with van der Waals surface area (Å²) in [7, 11) is 0. The number of anilines is 1. The first-order valence-electron chi connectivity index (χ1n) is 8.55. The maximum absolute atomic E-state index is 12.6. The molecule has 3 fully saturated rings. The Kier molecular flexibility index (Phi) is 3.54. The zero-order chi connectivity index (χ0) is 15.1. The highest BCUT2D eigenvalue weighted by molar-refractivity contribution is 5.76. The average Bonchev–Trinajstić information content (AvgIpc) is 3.24. The third-order valence-corrected chi connectivity index (χ3v) is 5.90. The number of likely N-dealkylation sites (tertiary alicyclic amines) is 1. The molecule has 120 valence electrons. The second-order valence-corrected chi connectivity index (χ2v) is 7.30. The predicted molar refractivity (Wildman–Crippen MR) is 80.8 cm³/mol. The first kappa shape index (κ1) is 14.0. The molecule has 6 nitrogen and oxygen atoms in total. The van der Waals surface area contributed by atoms with Crippen molar-refractivity contribution in [1.29, 1.82) is 0 Å². The van der Waals surface area contributed by atoms with E-state index in [-0.39, 0.29) is 11.9 Å². The van der Waals surface area contributed by atoms with Gasteiger partial charge in [0.15, 0.2) is 0 Å². The van der Waals surface area contributed by atoms with Crippen molar-refractivity contribution >= 4 is 11.9 Å². The Morgan fingerprint density at radius 3 is 2.86 bits per heavy atom. The van der Waals surface area contributed by atoms with E-state index in [1.807, 2.05) is 4.90 Å². The van der Waals surface area contributed by atoms with E-state index < -0.39 is 0 Å². The van der Waals surface area contributed by atoms with Crippen LogP contribution in [0.5, 0.6) is 0 Å². The minimum absolute atomic E-state index is 0.112. The molecule has 0 spiro atoms.